The number of thioether (sulfide) groups is 1. The van der Waals surface area contributed by atoms with Crippen molar-refractivity contribution in [1.82, 2.24) is 0 Å². The molecule has 1 aliphatic heterocycles. The molecule has 2 N–H and O–H groups in total. The maximum Gasteiger partial charge on any atom is 0.273 e. The van der Waals surface area contributed by atoms with E-state index in [2.05, 4.69) is 10.6 Å². The second-order valence-corrected chi connectivity index (χ2v) is 6.96. The number of benzene rings is 2. The van der Waals surface area contributed by atoms with Crippen molar-refractivity contribution in [1.29, 1.82) is 0 Å². The maximum atomic E-state index is 12.4. The number of hydrogen-bond donors (Lipinski definition) is 2. The van der Waals surface area contributed by atoms with Crippen LogP contribution in [0.25, 0.3) is 0 Å². The highest BCUT2D eigenvalue weighted by atomic mass is 32.2. The number of nitrogens with one attached hydrogen (secondary N) is 2. The van der Waals surface area contributed by atoms with Crippen molar-refractivity contribution in [2.45, 2.75) is 23.5 Å². The summed E-state index contributed by atoms with van der Waals surface area (Å²) in [5.74, 6) is -0.398. The molecule has 2 aromatic rings. The molecule has 0 radical (unpaired) electrons. The molecule has 1 aliphatic rings. The molecule has 0 saturated carbocycles. The molecular formula is C18H17N3O5S. The Morgan fingerprint density at radius 3 is 2.85 bits per heavy atom. The lowest BCUT2D eigenvalue weighted by Crippen LogP contribution is -2.32. The molecule has 9 heteroatoms. The summed E-state index contributed by atoms with van der Waals surface area (Å²) in [5.41, 5.74) is 0.933. The molecule has 0 bridgehead atoms. The maximum absolute atomic E-state index is 12.4. The lowest BCUT2D eigenvalue weighted by molar-refractivity contribution is -0.384. The third-order valence-electron chi connectivity index (χ3n) is 3.83. The van der Waals surface area contributed by atoms with Gasteiger partial charge in [0.05, 0.1) is 34.2 Å². The number of ether oxygens (including phenoxy) is 1. The molecule has 0 aliphatic carbocycles. The molecule has 2 aromatic carbocycles. The first-order chi connectivity index (χ1) is 13.0. The molecular weight excluding hydrogens is 370 g/mol. The number of non-ortho nitro benzene ring substituents is 1. The highest BCUT2D eigenvalue weighted by Crippen LogP contribution is 2.37. The van der Waals surface area contributed by atoms with Gasteiger partial charge in [-0.15, -0.1) is 11.8 Å². The van der Waals surface area contributed by atoms with Crippen molar-refractivity contribution in [3.63, 3.8) is 0 Å². The zero-order chi connectivity index (χ0) is 19.4. The number of carbonyl (C=O) groups excluding carboxylic acids is 2. The monoisotopic (exact) mass is 387 g/mol. The fourth-order valence-corrected chi connectivity index (χ4v) is 3.71. The molecule has 0 saturated heterocycles. The molecule has 27 heavy (non-hydrogen) atoms. The Morgan fingerprint density at radius 2 is 2.11 bits per heavy atom. The first-order valence-electron chi connectivity index (χ1n) is 8.25. The van der Waals surface area contributed by atoms with E-state index in [0.717, 1.165) is 10.6 Å². The van der Waals surface area contributed by atoms with Crippen LogP contribution in [0.5, 0.6) is 5.75 Å². The molecule has 1 heterocycles. The van der Waals surface area contributed by atoms with Crippen molar-refractivity contribution < 1.29 is 19.2 Å². The Bertz CT molecular complexity index is 902. The van der Waals surface area contributed by atoms with Crippen LogP contribution in [0.1, 0.15) is 13.3 Å². The fraction of sp³-hybridized carbons (Fsp3) is 0.222. The molecule has 0 aromatic heterocycles. The molecule has 140 valence electrons. The van der Waals surface area contributed by atoms with Crippen molar-refractivity contribution in [2.75, 3.05) is 17.2 Å². The molecule has 3 rings (SSSR count). The van der Waals surface area contributed by atoms with Gasteiger partial charge < -0.3 is 15.4 Å². The predicted octanol–water partition coefficient (Wildman–Crippen LogP) is 3.44. The zero-order valence-corrected chi connectivity index (χ0v) is 15.2. The number of hydrogen-bond acceptors (Lipinski definition) is 6. The van der Waals surface area contributed by atoms with Gasteiger partial charge in [-0.3, -0.25) is 19.7 Å². The molecule has 1 unspecified atom stereocenters. The molecule has 0 spiro atoms. The number of nitro groups is 1. The van der Waals surface area contributed by atoms with E-state index in [1.807, 2.05) is 24.3 Å². The highest BCUT2D eigenvalue weighted by Gasteiger charge is 2.29. The minimum absolute atomic E-state index is 0.0343. The lowest BCUT2D eigenvalue weighted by atomic mass is 10.2. The van der Waals surface area contributed by atoms with Gasteiger partial charge in [-0.2, -0.15) is 0 Å². The van der Waals surface area contributed by atoms with E-state index in [-0.39, 0.29) is 29.7 Å². The number of rotatable bonds is 6. The Balaban J connectivity index is 1.71. The van der Waals surface area contributed by atoms with E-state index >= 15 is 0 Å². The van der Waals surface area contributed by atoms with E-state index < -0.39 is 10.2 Å². The number of para-hydroxylation sites is 1. The summed E-state index contributed by atoms with van der Waals surface area (Å²) < 4.78 is 5.38. The van der Waals surface area contributed by atoms with E-state index in [0.29, 0.717) is 12.3 Å². The molecule has 1 atom stereocenters. The summed E-state index contributed by atoms with van der Waals surface area (Å²) in [5, 5.41) is 15.8. The van der Waals surface area contributed by atoms with Crippen molar-refractivity contribution in [3.8, 4) is 5.75 Å². The first kappa shape index (κ1) is 18.7. The van der Waals surface area contributed by atoms with Crippen LogP contribution < -0.4 is 15.4 Å². The Kier molecular flexibility index (Phi) is 5.60. The van der Waals surface area contributed by atoms with E-state index in [1.165, 1.54) is 30.0 Å². The van der Waals surface area contributed by atoms with Gasteiger partial charge in [0.1, 0.15) is 5.75 Å². The third kappa shape index (κ3) is 4.37. The summed E-state index contributed by atoms with van der Waals surface area (Å²) in [4.78, 5) is 35.9. The topological polar surface area (TPSA) is 111 Å². The van der Waals surface area contributed by atoms with Crippen LogP contribution in [0.15, 0.2) is 47.4 Å². The van der Waals surface area contributed by atoms with Gasteiger partial charge in [-0.05, 0) is 25.1 Å². The molecule has 8 nitrogen and oxygen atoms in total. The summed E-state index contributed by atoms with van der Waals surface area (Å²) in [6, 6.07) is 11.4. The summed E-state index contributed by atoms with van der Waals surface area (Å²) >= 11 is 1.33. The number of fused-ring (bicyclic) bond motifs is 1. The Hall–Kier alpha value is -3.07. The molecule has 2 amide bonds. The fourth-order valence-electron chi connectivity index (χ4n) is 2.60. The van der Waals surface area contributed by atoms with E-state index in [1.54, 1.807) is 6.92 Å². The van der Waals surface area contributed by atoms with Crippen LogP contribution in [-0.2, 0) is 9.59 Å². The standard InChI is InChI=1S/C18H17N3O5S/c1-2-26-14-9-11(21(24)25)7-8-12(14)19-17(22)10-16-18(23)20-13-5-3-4-6-15(13)27-16/h3-9,16H,2,10H2,1H3,(H,19,22)(H,20,23). The van der Waals surface area contributed by atoms with Crippen LogP contribution in [0.2, 0.25) is 0 Å². The zero-order valence-electron chi connectivity index (χ0n) is 14.4. The van der Waals surface area contributed by atoms with Gasteiger partial charge in [0, 0.05) is 17.4 Å². The first-order valence-corrected chi connectivity index (χ1v) is 9.13. The van der Waals surface area contributed by atoms with Crippen LogP contribution >= 0.6 is 11.8 Å². The van der Waals surface area contributed by atoms with Crippen molar-refractivity contribution in [2.24, 2.45) is 0 Å². The number of nitrogens with zero attached hydrogens (tertiary/aromatic N) is 1. The Labute approximate surface area is 159 Å². The summed E-state index contributed by atoms with van der Waals surface area (Å²) in [6.07, 6.45) is -0.0343. The second-order valence-electron chi connectivity index (χ2n) is 5.71. The van der Waals surface area contributed by atoms with E-state index in [9.17, 15) is 19.7 Å². The van der Waals surface area contributed by atoms with Crippen molar-refractivity contribution >= 4 is 40.6 Å². The summed E-state index contributed by atoms with van der Waals surface area (Å²) in [6.45, 7) is 2.03. The SMILES string of the molecule is CCOc1cc([N+](=O)[O-])ccc1NC(=O)CC1Sc2ccccc2NC1=O. The predicted molar refractivity (Wildman–Crippen MR) is 102 cm³/mol. The molecule has 0 fully saturated rings. The Morgan fingerprint density at radius 1 is 1.33 bits per heavy atom. The third-order valence-corrected chi connectivity index (χ3v) is 5.10. The van der Waals surface area contributed by atoms with Crippen LogP contribution in [0, 0.1) is 10.1 Å². The van der Waals surface area contributed by atoms with E-state index in [4.69, 9.17) is 4.74 Å². The largest absolute Gasteiger partial charge is 0.491 e. The minimum Gasteiger partial charge on any atom is -0.491 e. The quantitative estimate of drug-likeness (QED) is 0.580. The van der Waals surface area contributed by atoms with Gasteiger partial charge in [0.25, 0.3) is 5.69 Å². The smallest absolute Gasteiger partial charge is 0.273 e. The minimum atomic E-state index is -0.562. The van der Waals surface area contributed by atoms with Crippen molar-refractivity contribution in [3.05, 3.63) is 52.6 Å². The number of amides is 2. The van der Waals surface area contributed by atoms with Crippen LogP contribution in [0.3, 0.4) is 0 Å². The van der Waals surface area contributed by atoms with Gasteiger partial charge in [-0.25, -0.2) is 0 Å². The van der Waals surface area contributed by atoms with Gasteiger partial charge in [0.15, 0.2) is 0 Å². The van der Waals surface area contributed by atoms with Gasteiger partial charge in [0.2, 0.25) is 11.8 Å². The van der Waals surface area contributed by atoms with Crippen LogP contribution in [-0.4, -0.2) is 28.6 Å². The second kappa shape index (κ2) is 8.09. The average Bonchev–Trinajstić information content (AvgIpc) is 2.63. The summed E-state index contributed by atoms with van der Waals surface area (Å²) in [7, 11) is 0. The van der Waals surface area contributed by atoms with Gasteiger partial charge in [-0.1, -0.05) is 12.1 Å². The highest BCUT2D eigenvalue weighted by molar-refractivity contribution is 8.01. The normalized spacial score (nSPS) is 15.4. The number of carbonyl (C=O) groups is 2. The average molecular weight is 387 g/mol. The number of nitro benzene ring substituents is 1. The van der Waals surface area contributed by atoms with Crippen LogP contribution in [0.4, 0.5) is 17.1 Å². The lowest BCUT2D eigenvalue weighted by Gasteiger charge is -2.23. The van der Waals surface area contributed by atoms with Gasteiger partial charge >= 0.3 is 0 Å². The number of anilines is 2.